The van der Waals surface area contributed by atoms with Gasteiger partial charge < -0.3 is 11.1 Å². The minimum absolute atomic E-state index is 0.176. The lowest BCUT2D eigenvalue weighted by Gasteiger charge is -2.06. The molecule has 0 aliphatic carbocycles. The van der Waals surface area contributed by atoms with E-state index in [9.17, 15) is 4.79 Å². The first kappa shape index (κ1) is 13.3. The molecular formula is C15H14N4O2. The zero-order valence-electron chi connectivity index (χ0n) is 11.2. The number of hydrogen-bond acceptors (Lipinski definition) is 5. The summed E-state index contributed by atoms with van der Waals surface area (Å²) in [4.78, 5) is 12.2. The molecule has 0 aliphatic rings. The Bertz CT molecular complexity index is 765. The summed E-state index contributed by atoms with van der Waals surface area (Å²) >= 11 is 0. The van der Waals surface area contributed by atoms with Crippen molar-refractivity contribution >= 4 is 22.6 Å². The number of hydrogen-bond donors (Lipinski definition) is 2. The van der Waals surface area contributed by atoms with Crippen molar-refractivity contribution < 1.29 is 9.42 Å². The van der Waals surface area contributed by atoms with Gasteiger partial charge in [0.15, 0.2) is 0 Å². The van der Waals surface area contributed by atoms with Crippen molar-refractivity contribution in [3.8, 4) is 0 Å². The Balaban J connectivity index is 1.75. The smallest absolute Gasteiger partial charge is 0.255 e. The van der Waals surface area contributed by atoms with Gasteiger partial charge >= 0.3 is 0 Å². The van der Waals surface area contributed by atoms with Crippen LogP contribution in [0.15, 0.2) is 47.1 Å². The van der Waals surface area contributed by atoms with E-state index in [0.717, 1.165) is 12.0 Å². The van der Waals surface area contributed by atoms with Crippen LogP contribution in [0.1, 0.15) is 15.9 Å². The van der Waals surface area contributed by atoms with E-state index in [4.69, 9.17) is 5.73 Å². The quantitative estimate of drug-likeness (QED) is 0.763. The number of anilines is 1. The molecule has 0 spiro atoms. The molecule has 0 aliphatic heterocycles. The maximum Gasteiger partial charge on any atom is 0.255 e. The fourth-order valence-electron chi connectivity index (χ4n) is 2.05. The molecule has 1 aromatic heterocycles. The van der Waals surface area contributed by atoms with Gasteiger partial charge in [-0.05, 0) is 59.2 Å². The molecule has 0 fully saturated rings. The van der Waals surface area contributed by atoms with E-state index in [1.165, 1.54) is 0 Å². The topological polar surface area (TPSA) is 94.0 Å². The molecule has 1 heterocycles. The van der Waals surface area contributed by atoms with Gasteiger partial charge in [-0.25, -0.2) is 4.63 Å². The summed E-state index contributed by atoms with van der Waals surface area (Å²) < 4.78 is 4.62. The summed E-state index contributed by atoms with van der Waals surface area (Å²) in [6.45, 7) is 0.595. The van der Waals surface area contributed by atoms with Crippen molar-refractivity contribution in [3.05, 3.63) is 53.6 Å². The number of aromatic nitrogens is 2. The minimum Gasteiger partial charge on any atom is -0.330 e. The zero-order chi connectivity index (χ0) is 14.7. The van der Waals surface area contributed by atoms with Crippen LogP contribution in [0.2, 0.25) is 0 Å². The third kappa shape index (κ3) is 2.90. The second-order valence-electron chi connectivity index (χ2n) is 4.66. The molecule has 0 saturated carbocycles. The summed E-state index contributed by atoms with van der Waals surface area (Å²) in [7, 11) is 0. The molecule has 0 bridgehead atoms. The van der Waals surface area contributed by atoms with Crippen molar-refractivity contribution in [2.45, 2.75) is 6.42 Å². The Morgan fingerprint density at radius 1 is 1.10 bits per heavy atom. The van der Waals surface area contributed by atoms with E-state index < -0.39 is 0 Å². The molecule has 1 amide bonds. The highest BCUT2D eigenvalue weighted by molar-refractivity contribution is 6.04. The van der Waals surface area contributed by atoms with Gasteiger partial charge in [0, 0.05) is 11.3 Å². The maximum atomic E-state index is 12.2. The fraction of sp³-hybridized carbons (Fsp3) is 0.133. The number of rotatable bonds is 4. The van der Waals surface area contributed by atoms with Crippen LogP contribution >= 0.6 is 0 Å². The highest BCUT2D eigenvalue weighted by Gasteiger charge is 2.08. The van der Waals surface area contributed by atoms with Gasteiger partial charge in [0.05, 0.1) is 0 Å². The second-order valence-corrected chi connectivity index (χ2v) is 4.66. The number of amides is 1. The third-order valence-electron chi connectivity index (χ3n) is 3.16. The van der Waals surface area contributed by atoms with E-state index in [1.54, 1.807) is 30.3 Å². The third-order valence-corrected chi connectivity index (χ3v) is 3.16. The number of benzene rings is 2. The van der Waals surface area contributed by atoms with E-state index in [1.807, 2.05) is 12.1 Å². The minimum atomic E-state index is -0.176. The van der Waals surface area contributed by atoms with E-state index in [2.05, 4.69) is 20.3 Å². The Morgan fingerprint density at radius 3 is 2.62 bits per heavy atom. The van der Waals surface area contributed by atoms with Crippen LogP contribution in [0.5, 0.6) is 0 Å². The lowest BCUT2D eigenvalue weighted by atomic mass is 10.1. The van der Waals surface area contributed by atoms with Crippen LogP contribution < -0.4 is 11.1 Å². The number of fused-ring (bicyclic) bond motifs is 1. The monoisotopic (exact) mass is 282 g/mol. The van der Waals surface area contributed by atoms with Gasteiger partial charge in [-0.15, -0.1) is 0 Å². The Kier molecular flexibility index (Phi) is 3.61. The number of nitrogens with one attached hydrogen (secondary N) is 1. The molecule has 3 rings (SSSR count). The zero-order valence-corrected chi connectivity index (χ0v) is 11.2. The second kappa shape index (κ2) is 5.72. The van der Waals surface area contributed by atoms with Crippen molar-refractivity contribution in [1.82, 2.24) is 10.3 Å². The summed E-state index contributed by atoms with van der Waals surface area (Å²) in [5.41, 5.74) is 9.11. The van der Waals surface area contributed by atoms with Crippen molar-refractivity contribution in [3.63, 3.8) is 0 Å². The summed E-state index contributed by atoms with van der Waals surface area (Å²) in [6, 6.07) is 12.6. The molecule has 3 N–H and O–H groups in total. The molecule has 21 heavy (non-hydrogen) atoms. The largest absolute Gasteiger partial charge is 0.330 e. The summed E-state index contributed by atoms with van der Waals surface area (Å²) in [5.74, 6) is -0.176. The molecule has 6 heteroatoms. The van der Waals surface area contributed by atoms with Crippen LogP contribution in [0.25, 0.3) is 11.0 Å². The lowest BCUT2D eigenvalue weighted by molar-refractivity contribution is 0.102. The SMILES string of the molecule is NCCc1ccc(C(=O)Nc2ccc3nonc3c2)cc1. The molecule has 6 nitrogen and oxygen atoms in total. The summed E-state index contributed by atoms with van der Waals surface area (Å²) in [5, 5.41) is 10.3. The molecule has 0 atom stereocenters. The predicted octanol–water partition coefficient (Wildman–Crippen LogP) is 1.98. The molecule has 3 aromatic rings. The Labute approximate surface area is 120 Å². The highest BCUT2D eigenvalue weighted by atomic mass is 16.6. The first-order chi connectivity index (χ1) is 10.3. The first-order valence-electron chi connectivity index (χ1n) is 6.59. The highest BCUT2D eigenvalue weighted by Crippen LogP contribution is 2.16. The Morgan fingerprint density at radius 2 is 1.86 bits per heavy atom. The average Bonchev–Trinajstić information content (AvgIpc) is 2.96. The molecule has 0 unspecified atom stereocenters. The van der Waals surface area contributed by atoms with Gasteiger partial charge in [-0.1, -0.05) is 12.1 Å². The average molecular weight is 282 g/mol. The first-order valence-corrected chi connectivity index (χ1v) is 6.59. The van der Waals surface area contributed by atoms with Crippen molar-refractivity contribution in [2.24, 2.45) is 5.73 Å². The number of nitrogens with two attached hydrogens (primary N) is 1. The van der Waals surface area contributed by atoms with Crippen LogP contribution in [-0.2, 0) is 6.42 Å². The molecule has 0 radical (unpaired) electrons. The molecule has 0 saturated heterocycles. The van der Waals surface area contributed by atoms with Crippen LogP contribution in [0.4, 0.5) is 5.69 Å². The van der Waals surface area contributed by atoms with E-state index in [0.29, 0.717) is 28.8 Å². The normalized spacial score (nSPS) is 10.7. The van der Waals surface area contributed by atoms with Gasteiger partial charge in [0.2, 0.25) is 0 Å². The van der Waals surface area contributed by atoms with E-state index >= 15 is 0 Å². The number of carbonyl (C=O) groups is 1. The van der Waals surface area contributed by atoms with Crippen LogP contribution in [0, 0.1) is 0 Å². The van der Waals surface area contributed by atoms with Gasteiger partial charge in [0.25, 0.3) is 5.91 Å². The van der Waals surface area contributed by atoms with Gasteiger partial charge in [-0.3, -0.25) is 4.79 Å². The number of carbonyl (C=O) groups excluding carboxylic acids is 1. The molecular weight excluding hydrogens is 268 g/mol. The molecule has 106 valence electrons. The van der Waals surface area contributed by atoms with Crippen LogP contribution in [-0.4, -0.2) is 22.8 Å². The Hall–Kier alpha value is -2.73. The van der Waals surface area contributed by atoms with Gasteiger partial charge in [-0.2, -0.15) is 0 Å². The van der Waals surface area contributed by atoms with Gasteiger partial charge in [0.1, 0.15) is 11.0 Å². The lowest BCUT2D eigenvalue weighted by Crippen LogP contribution is -2.12. The molecule has 2 aromatic carbocycles. The van der Waals surface area contributed by atoms with Crippen molar-refractivity contribution in [2.75, 3.05) is 11.9 Å². The van der Waals surface area contributed by atoms with Crippen LogP contribution in [0.3, 0.4) is 0 Å². The fourth-order valence-corrected chi connectivity index (χ4v) is 2.05. The van der Waals surface area contributed by atoms with Crippen molar-refractivity contribution in [1.29, 1.82) is 0 Å². The standard InChI is InChI=1S/C15H14N4O2/c16-8-7-10-1-3-11(4-2-10)15(20)17-12-5-6-13-14(9-12)19-21-18-13/h1-6,9H,7-8,16H2,(H,17,20). The number of nitrogens with zero attached hydrogens (tertiary/aromatic N) is 2. The maximum absolute atomic E-state index is 12.2. The van der Waals surface area contributed by atoms with E-state index in [-0.39, 0.29) is 5.91 Å². The summed E-state index contributed by atoms with van der Waals surface area (Å²) in [6.07, 6.45) is 0.803. The predicted molar refractivity (Wildman–Crippen MR) is 79.0 cm³/mol.